The van der Waals surface area contributed by atoms with E-state index in [1.165, 1.54) is 17.8 Å². The summed E-state index contributed by atoms with van der Waals surface area (Å²) in [7, 11) is 0. The summed E-state index contributed by atoms with van der Waals surface area (Å²) in [5.41, 5.74) is 5.96. The third-order valence-corrected chi connectivity index (χ3v) is 3.49. The lowest BCUT2D eigenvalue weighted by Crippen LogP contribution is -2.39. The van der Waals surface area contributed by atoms with E-state index >= 15 is 0 Å². The lowest BCUT2D eigenvalue weighted by atomic mass is 9.93. The fourth-order valence-electron chi connectivity index (χ4n) is 1.47. The van der Waals surface area contributed by atoms with Gasteiger partial charge < -0.3 is 11.1 Å². The van der Waals surface area contributed by atoms with Crippen molar-refractivity contribution in [1.29, 1.82) is 0 Å². The predicted octanol–water partition coefficient (Wildman–Crippen LogP) is 1.35. The van der Waals surface area contributed by atoms with E-state index in [9.17, 15) is 4.79 Å². The summed E-state index contributed by atoms with van der Waals surface area (Å²) in [5.74, 6) is -0.0424. The van der Waals surface area contributed by atoms with E-state index in [0.29, 0.717) is 18.3 Å². The van der Waals surface area contributed by atoms with Crippen molar-refractivity contribution in [3.63, 3.8) is 0 Å². The topological polar surface area (TPSA) is 68.0 Å². The Balaban J connectivity index is 0.00000128. The van der Waals surface area contributed by atoms with E-state index in [2.05, 4.69) is 10.3 Å². The van der Waals surface area contributed by atoms with Gasteiger partial charge in [0.2, 0.25) is 0 Å². The predicted molar refractivity (Wildman–Crippen MR) is 67.2 cm³/mol. The Morgan fingerprint density at radius 3 is 2.94 bits per heavy atom. The molecular weight excluding hydrogens is 246 g/mol. The second-order valence-electron chi connectivity index (χ2n) is 3.77. The Bertz CT molecular complexity index is 352. The van der Waals surface area contributed by atoms with Crippen LogP contribution in [0.5, 0.6) is 0 Å². The number of nitrogens with one attached hydrogen (secondary N) is 1. The molecule has 0 aromatic carbocycles. The molecule has 1 amide bonds. The fourth-order valence-corrected chi connectivity index (χ4v) is 2.26. The number of thiazole rings is 1. The van der Waals surface area contributed by atoms with E-state index in [-0.39, 0.29) is 18.3 Å². The molecule has 1 fully saturated rings. The molecule has 1 aromatic rings. The van der Waals surface area contributed by atoms with Crippen LogP contribution < -0.4 is 11.1 Å². The smallest absolute Gasteiger partial charge is 0.270 e. The minimum absolute atomic E-state index is 0. The SMILES string of the molecule is Cl.NCCc1nc(C(=O)NC2CCC2)cs1. The zero-order chi connectivity index (χ0) is 10.7. The maximum atomic E-state index is 11.7. The molecule has 4 nitrogen and oxygen atoms in total. The van der Waals surface area contributed by atoms with Gasteiger partial charge >= 0.3 is 0 Å². The zero-order valence-electron chi connectivity index (χ0n) is 8.94. The Morgan fingerprint density at radius 1 is 1.62 bits per heavy atom. The quantitative estimate of drug-likeness (QED) is 0.860. The maximum absolute atomic E-state index is 11.7. The van der Waals surface area contributed by atoms with Crippen LogP contribution in [-0.2, 0) is 6.42 Å². The number of hydrogen-bond acceptors (Lipinski definition) is 4. The Morgan fingerprint density at radius 2 is 2.38 bits per heavy atom. The Hall–Kier alpha value is -0.650. The van der Waals surface area contributed by atoms with Gasteiger partial charge in [-0.1, -0.05) is 0 Å². The molecule has 0 unspecified atom stereocenters. The molecule has 6 heteroatoms. The first-order valence-electron chi connectivity index (χ1n) is 5.25. The molecule has 3 N–H and O–H groups in total. The standard InChI is InChI=1S/C10H15N3OS.ClH/c11-5-4-9-13-8(6-15-9)10(14)12-7-2-1-3-7;/h6-7H,1-5,11H2,(H,12,14);1H. The highest BCUT2D eigenvalue weighted by Gasteiger charge is 2.21. The maximum Gasteiger partial charge on any atom is 0.270 e. The van der Waals surface area contributed by atoms with Crippen LogP contribution in [-0.4, -0.2) is 23.5 Å². The van der Waals surface area contributed by atoms with E-state index in [1.807, 2.05) is 0 Å². The van der Waals surface area contributed by atoms with Gasteiger partial charge in [-0.2, -0.15) is 0 Å². The largest absolute Gasteiger partial charge is 0.348 e. The third kappa shape index (κ3) is 3.17. The molecule has 1 heterocycles. The zero-order valence-corrected chi connectivity index (χ0v) is 10.6. The van der Waals surface area contributed by atoms with Gasteiger partial charge in [0.15, 0.2) is 0 Å². The van der Waals surface area contributed by atoms with Crippen LogP contribution in [0.3, 0.4) is 0 Å². The molecule has 0 saturated heterocycles. The van der Waals surface area contributed by atoms with E-state index in [0.717, 1.165) is 24.3 Å². The van der Waals surface area contributed by atoms with Gasteiger partial charge in [0.1, 0.15) is 5.69 Å². The fraction of sp³-hybridized carbons (Fsp3) is 0.600. The van der Waals surface area contributed by atoms with Crippen LogP contribution in [0.1, 0.15) is 34.8 Å². The van der Waals surface area contributed by atoms with Crippen LogP contribution in [0, 0.1) is 0 Å². The molecule has 2 rings (SSSR count). The molecule has 0 atom stereocenters. The molecule has 0 bridgehead atoms. The van der Waals surface area contributed by atoms with E-state index in [1.54, 1.807) is 5.38 Å². The van der Waals surface area contributed by atoms with Crippen molar-refractivity contribution >= 4 is 29.7 Å². The van der Waals surface area contributed by atoms with Gasteiger partial charge in [-0.3, -0.25) is 4.79 Å². The van der Waals surface area contributed by atoms with Gasteiger partial charge in [-0.15, -0.1) is 23.7 Å². The highest BCUT2D eigenvalue weighted by atomic mass is 35.5. The monoisotopic (exact) mass is 261 g/mol. The first-order chi connectivity index (χ1) is 7.29. The number of hydrogen-bond donors (Lipinski definition) is 2. The van der Waals surface area contributed by atoms with Crippen molar-refractivity contribution in [2.24, 2.45) is 5.73 Å². The molecule has 0 aliphatic heterocycles. The molecule has 1 saturated carbocycles. The highest BCUT2D eigenvalue weighted by molar-refractivity contribution is 7.09. The number of rotatable bonds is 4. The normalized spacial score (nSPS) is 15.1. The number of carbonyl (C=O) groups excluding carboxylic acids is 1. The van der Waals surface area contributed by atoms with Gasteiger partial charge in [-0.25, -0.2) is 4.98 Å². The summed E-state index contributed by atoms with van der Waals surface area (Å²) in [5, 5.41) is 5.71. The van der Waals surface area contributed by atoms with E-state index in [4.69, 9.17) is 5.73 Å². The molecule has 1 aliphatic rings. The number of carbonyl (C=O) groups is 1. The van der Waals surface area contributed by atoms with Gasteiger partial charge in [0.05, 0.1) is 5.01 Å². The molecule has 1 aromatic heterocycles. The summed E-state index contributed by atoms with van der Waals surface area (Å²) in [6.45, 7) is 0.581. The molecule has 90 valence electrons. The minimum Gasteiger partial charge on any atom is -0.348 e. The van der Waals surface area contributed by atoms with Crippen LogP contribution >= 0.6 is 23.7 Å². The third-order valence-electron chi connectivity index (χ3n) is 2.58. The number of nitrogens with zero attached hydrogens (tertiary/aromatic N) is 1. The number of nitrogens with two attached hydrogens (primary N) is 1. The highest BCUT2D eigenvalue weighted by Crippen LogP contribution is 2.19. The Kier molecular flexibility index (Phi) is 5.18. The first kappa shape index (κ1) is 13.4. The lowest BCUT2D eigenvalue weighted by molar-refractivity contribution is 0.0912. The number of amides is 1. The van der Waals surface area contributed by atoms with Crippen molar-refractivity contribution in [3.8, 4) is 0 Å². The summed E-state index contributed by atoms with van der Waals surface area (Å²) in [6.07, 6.45) is 4.18. The van der Waals surface area contributed by atoms with Crippen LogP contribution in [0.2, 0.25) is 0 Å². The average molecular weight is 262 g/mol. The minimum atomic E-state index is -0.0424. The van der Waals surface area contributed by atoms with Crippen molar-refractivity contribution in [2.75, 3.05) is 6.54 Å². The molecular formula is C10H16ClN3OS. The number of aromatic nitrogens is 1. The second kappa shape index (κ2) is 6.18. The number of halogens is 1. The molecule has 1 aliphatic carbocycles. The van der Waals surface area contributed by atoms with Gasteiger partial charge in [0, 0.05) is 17.8 Å². The van der Waals surface area contributed by atoms with Crippen LogP contribution in [0.25, 0.3) is 0 Å². The van der Waals surface area contributed by atoms with Crippen LogP contribution in [0.4, 0.5) is 0 Å². The van der Waals surface area contributed by atoms with Crippen molar-refractivity contribution in [3.05, 3.63) is 16.1 Å². The van der Waals surface area contributed by atoms with Crippen molar-refractivity contribution in [1.82, 2.24) is 10.3 Å². The molecule has 0 spiro atoms. The lowest BCUT2D eigenvalue weighted by Gasteiger charge is -2.25. The second-order valence-corrected chi connectivity index (χ2v) is 4.71. The average Bonchev–Trinajstić information content (AvgIpc) is 2.60. The van der Waals surface area contributed by atoms with Gasteiger partial charge in [0.25, 0.3) is 5.91 Å². The summed E-state index contributed by atoms with van der Waals surface area (Å²) >= 11 is 1.50. The molecule has 16 heavy (non-hydrogen) atoms. The summed E-state index contributed by atoms with van der Waals surface area (Å²) in [4.78, 5) is 15.9. The van der Waals surface area contributed by atoms with Gasteiger partial charge in [-0.05, 0) is 25.8 Å². The summed E-state index contributed by atoms with van der Waals surface area (Å²) < 4.78 is 0. The van der Waals surface area contributed by atoms with Crippen molar-refractivity contribution in [2.45, 2.75) is 31.7 Å². The van der Waals surface area contributed by atoms with Crippen LogP contribution in [0.15, 0.2) is 5.38 Å². The summed E-state index contributed by atoms with van der Waals surface area (Å²) in [6, 6.07) is 0.372. The first-order valence-corrected chi connectivity index (χ1v) is 6.13. The Labute approximate surface area is 105 Å². The van der Waals surface area contributed by atoms with E-state index < -0.39 is 0 Å². The molecule has 0 radical (unpaired) electrons. The van der Waals surface area contributed by atoms with Crippen molar-refractivity contribution < 1.29 is 4.79 Å².